The topological polar surface area (TPSA) is 52.0 Å². The molecule has 1 atom stereocenters. The summed E-state index contributed by atoms with van der Waals surface area (Å²) in [6, 6.07) is 12.6. The van der Waals surface area contributed by atoms with Crippen LogP contribution in [0, 0.1) is 0 Å². The highest BCUT2D eigenvalue weighted by Crippen LogP contribution is 2.24. The molecule has 1 N–H and O–H groups in total. The van der Waals surface area contributed by atoms with E-state index in [2.05, 4.69) is 56.4 Å². The van der Waals surface area contributed by atoms with Crippen LogP contribution in [0.3, 0.4) is 0 Å². The second-order valence-corrected chi connectivity index (χ2v) is 5.88. The zero-order valence-electron chi connectivity index (χ0n) is 13.0. The molecular formula is C18H20N4O. The molecule has 1 fully saturated rings. The maximum Gasteiger partial charge on any atom is 0.129 e. The van der Waals surface area contributed by atoms with E-state index in [1.807, 2.05) is 6.07 Å². The second-order valence-electron chi connectivity index (χ2n) is 5.88. The van der Waals surface area contributed by atoms with Crippen LogP contribution in [0.2, 0.25) is 0 Å². The molecule has 3 heterocycles. The third-order valence-electron chi connectivity index (χ3n) is 4.38. The van der Waals surface area contributed by atoms with E-state index in [4.69, 9.17) is 4.74 Å². The zero-order chi connectivity index (χ0) is 15.5. The number of ether oxygens (including phenoxy) is 1. The quantitative estimate of drug-likeness (QED) is 0.787. The summed E-state index contributed by atoms with van der Waals surface area (Å²) in [5.74, 6) is 1.30. The fraction of sp³-hybridized carbons (Fsp3) is 0.333. The van der Waals surface area contributed by atoms with E-state index in [-0.39, 0.29) is 0 Å². The third kappa shape index (κ3) is 3.05. The smallest absolute Gasteiger partial charge is 0.129 e. The Morgan fingerprint density at radius 2 is 2.17 bits per heavy atom. The first-order valence-electron chi connectivity index (χ1n) is 8.07. The molecule has 0 bridgehead atoms. The Bertz CT molecular complexity index is 792. The molecule has 0 radical (unpaired) electrons. The predicted octanol–water partition coefficient (Wildman–Crippen LogP) is 3.05. The van der Waals surface area contributed by atoms with Gasteiger partial charge in [0.2, 0.25) is 0 Å². The first kappa shape index (κ1) is 14.2. The molecule has 1 aliphatic heterocycles. The largest absolute Gasteiger partial charge is 0.381 e. The number of anilines is 1. The summed E-state index contributed by atoms with van der Waals surface area (Å²) in [6.07, 6.45) is 4.82. The molecule has 3 aromatic rings. The number of hydrogen-bond donors (Lipinski definition) is 1. The maximum atomic E-state index is 5.44. The molecule has 118 valence electrons. The minimum atomic E-state index is 0.409. The van der Waals surface area contributed by atoms with Gasteiger partial charge in [-0.2, -0.15) is 0 Å². The number of benzene rings is 1. The van der Waals surface area contributed by atoms with Gasteiger partial charge in [0.05, 0.1) is 12.3 Å². The Kier molecular flexibility index (Phi) is 3.94. The summed E-state index contributed by atoms with van der Waals surface area (Å²) < 4.78 is 7.70. The predicted molar refractivity (Wildman–Crippen MR) is 90.6 cm³/mol. The van der Waals surface area contributed by atoms with Crippen molar-refractivity contribution in [2.24, 2.45) is 0 Å². The number of nitrogens with zero attached hydrogens (tertiary/aromatic N) is 3. The lowest BCUT2D eigenvalue weighted by Gasteiger charge is -2.11. The summed E-state index contributed by atoms with van der Waals surface area (Å²) in [7, 11) is 0. The van der Waals surface area contributed by atoms with Crippen molar-refractivity contribution in [1.82, 2.24) is 14.5 Å². The summed E-state index contributed by atoms with van der Waals surface area (Å²) in [5.41, 5.74) is 2.34. The van der Waals surface area contributed by atoms with Crippen molar-refractivity contribution in [2.45, 2.75) is 18.9 Å². The number of fused-ring (bicyclic) bond motifs is 1. The first-order chi connectivity index (χ1) is 11.4. The Morgan fingerprint density at radius 3 is 3.09 bits per heavy atom. The van der Waals surface area contributed by atoms with Crippen LogP contribution in [0.15, 0.2) is 48.9 Å². The van der Waals surface area contributed by atoms with Crippen molar-refractivity contribution in [2.75, 3.05) is 25.1 Å². The summed E-state index contributed by atoms with van der Waals surface area (Å²) in [6.45, 7) is 3.33. The van der Waals surface area contributed by atoms with Crippen molar-refractivity contribution in [1.29, 1.82) is 0 Å². The van der Waals surface area contributed by atoms with E-state index in [0.717, 1.165) is 44.2 Å². The number of aromatic nitrogens is 3. The summed E-state index contributed by atoms with van der Waals surface area (Å²) in [5, 5.41) is 4.67. The zero-order valence-corrected chi connectivity index (χ0v) is 13.0. The number of nitrogens with one attached hydrogen (secondary N) is 1. The van der Waals surface area contributed by atoms with Gasteiger partial charge in [0.15, 0.2) is 0 Å². The number of hydrogen-bond acceptors (Lipinski definition) is 4. The van der Waals surface area contributed by atoms with Crippen molar-refractivity contribution in [3.05, 3.63) is 54.6 Å². The Morgan fingerprint density at radius 1 is 1.22 bits per heavy atom. The van der Waals surface area contributed by atoms with Crippen molar-refractivity contribution in [3.63, 3.8) is 0 Å². The third-order valence-corrected chi connectivity index (χ3v) is 4.38. The molecule has 5 nitrogen and oxygen atoms in total. The van der Waals surface area contributed by atoms with Crippen LogP contribution in [-0.4, -0.2) is 34.3 Å². The van der Waals surface area contributed by atoms with Crippen LogP contribution in [0.1, 0.15) is 18.0 Å². The lowest BCUT2D eigenvalue weighted by molar-refractivity contribution is 0.193. The van der Waals surface area contributed by atoms with E-state index >= 15 is 0 Å². The average Bonchev–Trinajstić information content (AvgIpc) is 3.25. The van der Waals surface area contributed by atoms with E-state index in [1.54, 1.807) is 6.33 Å². The number of para-hydroxylation sites is 1. The van der Waals surface area contributed by atoms with E-state index < -0.39 is 0 Å². The minimum Gasteiger partial charge on any atom is -0.381 e. The Hall–Kier alpha value is -2.40. The van der Waals surface area contributed by atoms with Crippen LogP contribution < -0.4 is 5.32 Å². The van der Waals surface area contributed by atoms with Crippen LogP contribution in [-0.2, 0) is 11.3 Å². The molecule has 1 unspecified atom stereocenters. The molecule has 2 aromatic heterocycles. The van der Waals surface area contributed by atoms with Crippen LogP contribution in [0.25, 0.3) is 10.9 Å². The normalized spacial score (nSPS) is 17.7. The molecule has 1 aliphatic rings. The highest BCUT2D eigenvalue weighted by molar-refractivity contribution is 5.79. The van der Waals surface area contributed by atoms with Crippen LogP contribution in [0.4, 0.5) is 5.82 Å². The van der Waals surface area contributed by atoms with Gasteiger partial charge in [0.25, 0.3) is 0 Å². The molecule has 0 amide bonds. The summed E-state index contributed by atoms with van der Waals surface area (Å²) in [4.78, 5) is 8.70. The highest BCUT2D eigenvalue weighted by atomic mass is 16.5. The molecule has 0 saturated carbocycles. The van der Waals surface area contributed by atoms with Gasteiger partial charge in [-0.25, -0.2) is 9.97 Å². The lowest BCUT2D eigenvalue weighted by Crippen LogP contribution is -2.11. The lowest BCUT2D eigenvalue weighted by atomic mass is 10.1. The van der Waals surface area contributed by atoms with Gasteiger partial charge in [-0.15, -0.1) is 0 Å². The Labute approximate surface area is 135 Å². The molecule has 5 heteroatoms. The molecule has 23 heavy (non-hydrogen) atoms. The minimum absolute atomic E-state index is 0.409. The fourth-order valence-corrected chi connectivity index (χ4v) is 3.10. The van der Waals surface area contributed by atoms with Gasteiger partial charge in [-0.05, 0) is 23.9 Å². The maximum absolute atomic E-state index is 5.44. The highest BCUT2D eigenvalue weighted by Gasteiger charge is 2.19. The van der Waals surface area contributed by atoms with Gasteiger partial charge in [-0.3, -0.25) is 0 Å². The standard InChI is InChI=1S/C18H20N4O/c1-2-4-17-14(3-1)5-8-22(17)9-7-19-18-11-16(20-13-21-18)15-6-10-23-12-15/h1-5,8,11,13,15H,6-7,9-10,12H2,(H,19,20,21). The van der Waals surface area contributed by atoms with Crippen LogP contribution >= 0.6 is 0 Å². The first-order valence-corrected chi connectivity index (χ1v) is 8.07. The van der Waals surface area contributed by atoms with Gasteiger partial charge in [-0.1, -0.05) is 18.2 Å². The molecule has 1 aromatic carbocycles. The van der Waals surface area contributed by atoms with Crippen molar-refractivity contribution >= 4 is 16.7 Å². The van der Waals surface area contributed by atoms with Gasteiger partial charge in [0, 0.05) is 43.4 Å². The Balaban J connectivity index is 1.40. The van der Waals surface area contributed by atoms with Crippen molar-refractivity contribution < 1.29 is 4.74 Å². The fourth-order valence-electron chi connectivity index (χ4n) is 3.10. The number of rotatable bonds is 5. The molecular weight excluding hydrogens is 288 g/mol. The van der Waals surface area contributed by atoms with Crippen LogP contribution in [0.5, 0.6) is 0 Å². The molecule has 0 spiro atoms. The van der Waals surface area contributed by atoms with Crippen molar-refractivity contribution in [3.8, 4) is 0 Å². The molecule has 0 aliphatic carbocycles. The monoisotopic (exact) mass is 308 g/mol. The SMILES string of the molecule is c1ccc2c(c1)ccn2CCNc1cc(C2CCOC2)ncn1. The van der Waals surface area contributed by atoms with E-state index in [0.29, 0.717) is 5.92 Å². The molecule has 1 saturated heterocycles. The van der Waals surface area contributed by atoms with E-state index in [9.17, 15) is 0 Å². The molecule has 4 rings (SSSR count). The second kappa shape index (κ2) is 6.38. The van der Waals surface area contributed by atoms with E-state index in [1.165, 1.54) is 10.9 Å². The van der Waals surface area contributed by atoms with Gasteiger partial charge >= 0.3 is 0 Å². The van der Waals surface area contributed by atoms with Gasteiger partial charge < -0.3 is 14.6 Å². The average molecular weight is 308 g/mol. The van der Waals surface area contributed by atoms with Gasteiger partial charge in [0.1, 0.15) is 12.1 Å². The summed E-state index contributed by atoms with van der Waals surface area (Å²) >= 11 is 0.